The Morgan fingerprint density at radius 1 is 1.40 bits per heavy atom. The van der Waals surface area contributed by atoms with E-state index in [2.05, 4.69) is 23.2 Å². The largest absolute Gasteiger partial charge is 0.364 e. The maximum atomic E-state index is 11.7. The summed E-state index contributed by atoms with van der Waals surface area (Å²) in [5.74, 6) is 0.632. The summed E-state index contributed by atoms with van der Waals surface area (Å²) < 4.78 is 0. The highest BCUT2D eigenvalue weighted by atomic mass is 35.5. The van der Waals surface area contributed by atoms with Gasteiger partial charge >= 0.3 is 0 Å². The van der Waals surface area contributed by atoms with E-state index in [1.807, 2.05) is 55.6 Å². The lowest BCUT2D eigenvalue weighted by Crippen LogP contribution is -2.57. The molecule has 7 heteroatoms. The van der Waals surface area contributed by atoms with Crippen molar-refractivity contribution in [1.29, 1.82) is 5.26 Å². The molecule has 0 radical (unpaired) electrons. The van der Waals surface area contributed by atoms with Gasteiger partial charge in [-0.15, -0.1) is 0 Å². The molecular formula is C23H26ClN5O. The number of likely N-dealkylation sites (tertiary alicyclic amines) is 1. The number of carbonyl (C=O) groups is 1. The zero-order valence-corrected chi connectivity index (χ0v) is 18.1. The number of nitrogens with zero attached hydrogens (tertiary/aromatic N) is 4. The minimum Gasteiger partial charge on any atom is -0.364 e. The molecule has 0 bridgehead atoms. The fourth-order valence-corrected chi connectivity index (χ4v) is 3.54. The van der Waals surface area contributed by atoms with Crippen LogP contribution in [-0.2, 0) is 4.79 Å². The molecule has 0 saturated carbocycles. The Kier molecular flexibility index (Phi) is 7.31. The van der Waals surface area contributed by atoms with E-state index in [4.69, 9.17) is 21.8 Å². The SMILES string of the molecule is C/C=C(/c1cccc(NC2CN(C(=O)CC#N)C2)n1)N1C=C(Cl)C=C/C1=C\CCC. The van der Waals surface area contributed by atoms with Gasteiger partial charge in [0.05, 0.1) is 28.5 Å². The lowest BCUT2D eigenvalue weighted by atomic mass is 10.1. The maximum Gasteiger partial charge on any atom is 0.236 e. The molecule has 1 aromatic rings. The predicted molar refractivity (Wildman–Crippen MR) is 120 cm³/mol. The Labute approximate surface area is 182 Å². The molecular weight excluding hydrogens is 398 g/mol. The standard InChI is InChI=1S/C23H26ClN5O/c1-3-5-7-19-11-10-17(24)14-29(19)21(4-2)20-8-6-9-22(27-20)26-18-15-28(16-18)23(30)12-13-25/h4,6-11,14,18H,3,5,12,15-16H2,1-2H3,(H,26,27)/b19-7+,21-4-. The number of allylic oxidation sites excluding steroid dienone is 5. The van der Waals surface area contributed by atoms with Gasteiger partial charge in [-0.2, -0.15) is 5.26 Å². The molecule has 2 aliphatic heterocycles. The highest BCUT2D eigenvalue weighted by Gasteiger charge is 2.30. The zero-order chi connectivity index (χ0) is 21.5. The average Bonchev–Trinajstić information content (AvgIpc) is 2.71. The Morgan fingerprint density at radius 3 is 2.90 bits per heavy atom. The molecule has 1 saturated heterocycles. The van der Waals surface area contributed by atoms with Gasteiger partial charge in [-0.05, 0) is 37.6 Å². The maximum absolute atomic E-state index is 11.7. The predicted octanol–water partition coefficient (Wildman–Crippen LogP) is 4.61. The molecule has 3 rings (SSSR count). The minimum absolute atomic E-state index is 0.0701. The quantitative estimate of drug-likeness (QED) is 0.693. The van der Waals surface area contributed by atoms with Crippen molar-refractivity contribution in [3.8, 4) is 6.07 Å². The second kappa shape index (κ2) is 10.1. The average molecular weight is 424 g/mol. The number of carbonyl (C=O) groups excluding carboxylic acids is 1. The van der Waals surface area contributed by atoms with Crippen molar-refractivity contribution in [3.63, 3.8) is 0 Å². The summed E-state index contributed by atoms with van der Waals surface area (Å²) in [6.07, 6.45) is 12.0. The van der Waals surface area contributed by atoms with Crippen molar-refractivity contribution < 1.29 is 4.79 Å². The fraction of sp³-hybridized carbons (Fsp3) is 0.348. The van der Waals surface area contributed by atoms with Crippen molar-refractivity contribution in [2.75, 3.05) is 18.4 Å². The van der Waals surface area contributed by atoms with Crippen molar-refractivity contribution >= 4 is 29.0 Å². The lowest BCUT2D eigenvalue weighted by Gasteiger charge is -2.39. The molecule has 1 aromatic heterocycles. The Balaban J connectivity index is 1.73. The fourth-order valence-electron chi connectivity index (χ4n) is 3.38. The van der Waals surface area contributed by atoms with Gasteiger partial charge < -0.3 is 15.1 Å². The van der Waals surface area contributed by atoms with E-state index >= 15 is 0 Å². The third-order valence-corrected chi connectivity index (χ3v) is 5.17. The molecule has 156 valence electrons. The molecule has 0 unspecified atom stereocenters. The first-order chi connectivity index (χ1) is 14.5. The van der Waals surface area contributed by atoms with Crippen LogP contribution >= 0.6 is 11.6 Å². The number of halogens is 1. The number of rotatable bonds is 7. The molecule has 6 nitrogen and oxygen atoms in total. The number of hydrogen-bond acceptors (Lipinski definition) is 5. The van der Waals surface area contributed by atoms with Crippen LogP contribution in [0.4, 0.5) is 5.82 Å². The second-order valence-corrected chi connectivity index (χ2v) is 7.63. The summed E-state index contributed by atoms with van der Waals surface area (Å²) >= 11 is 6.28. The Morgan fingerprint density at radius 2 is 2.20 bits per heavy atom. The van der Waals surface area contributed by atoms with Gasteiger partial charge in [0.2, 0.25) is 5.91 Å². The summed E-state index contributed by atoms with van der Waals surface area (Å²) in [5, 5.41) is 12.7. The minimum atomic E-state index is -0.123. The molecule has 1 amide bonds. The van der Waals surface area contributed by atoms with Crippen LogP contribution < -0.4 is 5.32 Å². The number of aromatic nitrogens is 1. The monoisotopic (exact) mass is 423 g/mol. The lowest BCUT2D eigenvalue weighted by molar-refractivity contribution is -0.134. The van der Waals surface area contributed by atoms with E-state index in [9.17, 15) is 4.79 Å². The van der Waals surface area contributed by atoms with Gasteiger partial charge in [-0.1, -0.05) is 43.2 Å². The molecule has 0 aliphatic carbocycles. The Hall–Kier alpha value is -3.04. The first kappa shape index (κ1) is 21.7. The summed E-state index contributed by atoms with van der Waals surface area (Å²) in [6, 6.07) is 7.89. The normalized spacial score (nSPS) is 18.1. The highest BCUT2D eigenvalue weighted by molar-refractivity contribution is 6.31. The summed E-state index contributed by atoms with van der Waals surface area (Å²) in [7, 11) is 0. The van der Waals surface area contributed by atoms with Crippen LogP contribution in [0.15, 0.2) is 59.4 Å². The topological polar surface area (TPSA) is 72.3 Å². The van der Waals surface area contributed by atoms with Crippen molar-refractivity contribution in [3.05, 3.63) is 65.1 Å². The summed E-state index contributed by atoms with van der Waals surface area (Å²) in [6.45, 7) is 5.31. The number of amides is 1. The van der Waals surface area contributed by atoms with Crippen molar-refractivity contribution in [1.82, 2.24) is 14.8 Å². The highest BCUT2D eigenvalue weighted by Crippen LogP contribution is 2.30. The smallest absolute Gasteiger partial charge is 0.236 e. The third-order valence-electron chi connectivity index (χ3n) is 4.95. The van der Waals surface area contributed by atoms with E-state index in [0.717, 1.165) is 35.7 Å². The van der Waals surface area contributed by atoms with Crippen molar-refractivity contribution in [2.45, 2.75) is 39.2 Å². The first-order valence-electron chi connectivity index (χ1n) is 10.2. The number of nitriles is 1. The van der Waals surface area contributed by atoms with Crippen molar-refractivity contribution in [2.24, 2.45) is 0 Å². The molecule has 1 N–H and O–H groups in total. The van der Waals surface area contributed by atoms with Gasteiger partial charge in [-0.25, -0.2) is 4.98 Å². The number of nitrogens with one attached hydrogen (secondary N) is 1. The van der Waals surface area contributed by atoms with Gasteiger partial charge in [0.25, 0.3) is 0 Å². The number of hydrogen-bond donors (Lipinski definition) is 1. The summed E-state index contributed by atoms with van der Waals surface area (Å²) in [5.41, 5.74) is 2.85. The van der Waals surface area contributed by atoms with Crippen LogP contribution in [0.25, 0.3) is 5.70 Å². The second-order valence-electron chi connectivity index (χ2n) is 7.19. The number of unbranched alkanes of at least 4 members (excludes halogenated alkanes) is 1. The summed E-state index contributed by atoms with van der Waals surface area (Å²) in [4.78, 5) is 20.3. The Bertz CT molecular complexity index is 951. The molecule has 3 heterocycles. The molecule has 30 heavy (non-hydrogen) atoms. The third kappa shape index (κ3) is 5.11. The number of pyridine rings is 1. The van der Waals surface area contributed by atoms with Gasteiger partial charge in [-0.3, -0.25) is 4.79 Å². The van der Waals surface area contributed by atoms with Crippen LogP contribution in [-0.4, -0.2) is 39.8 Å². The van der Waals surface area contributed by atoms with E-state index in [1.165, 1.54) is 0 Å². The van der Waals surface area contributed by atoms with E-state index in [0.29, 0.717) is 18.1 Å². The van der Waals surface area contributed by atoms with Crippen LogP contribution in [0.3, 0.4) is 0 Å². The van der Waals surface area contributed by atoms with Crippen LogP contribution in [0.1, 0.15) is 38.8 Å². The van der Waals surface area contributed by atoms with Crippen LogP contribution in [0, 0.1) is 11.3 Å². The van der Waals surface area contributed by atoms with Gasteiger partial charge in [0, 0.05) is 25.0 Å². The molecule has 0 aromatic carbocycles. The van der Waals surface area contributed by atoms with Crippen LogP contribution in [0.5, 0.6) is 0 Å². The first-order valence-corrected chi connectivity index (χ1v) is 10.5. The molecule has 0 spiro atoms. The van der Waals surface area contributed by atoms with Crippen LogP contribution in [0.2, 0.25) is 0 Å². The molecule has 0 atom stereocenters. The van der Waals surface area contributed by atoms with Gasteiger partial charge in [0.15, 0.2) is 0 Å². The number of anilines is 1. The van der Waals surface area contributed by atoms with Gasteiger partial charge in [0.1, 0.15) is 12.2 Å². The van der Waals surface area contributed by atoms with E-state index in [-0.39, 0.29) is 18.4 Å². The molecule has 2 aliphatic rings. The zero-order valence-electron chi connectivity index (χ0n) is 17.3. The van der Waals surface area contributed by atoms with E-state index in [1.54, 1.807) is 4.90 Å². The molecule has 1 fully saturated rings. The van der Waals surface area contributed by atoms with E-state index < -0.39 is 0 Å².